The third-order valence-corrected chi connectivity index (χ3v) is 4.93. The maximum absolute atomic E-state index is 13.3. The van der Waals surface area contributed by atoms with Crippen LogP contribution in [0.5, 0.6) is 0 Å². The molecule has 168 valence electrons. The lowest BCUT2D eigenvalue weighted by molar-refractivity contribution is -0.117. The molecule has 0 aliphatic heterocycles. The quantitative estimate of drug-likeness (QED) is 0.454. The smallest absolute Gasteiger partial charge is 0.340 e. The molecule has 1 N–H and O–H groups in total. The van der Waals surface area contributed by atoms with Gasteiger partial charge in [-0.3, -0.25) is 9.59 Å². The van der Waals surface area contributed by atoms with Gasteiger partial charge >= 0.3 is 5.97 Å². The average molecular weight is 449 g/mol. The van der Waals surface area contributed by atoms with E-state index in [9.17, 15) is 18.8 Å². The van der Waals surface area contributed by atoms with E-state index in [2.05, 4.69) is 15.5 Å². The maximum atomic E-state index is 13.3. The molecule has 0 bridgehead atoms. The minimum Gasteiger partial charge on any atom is -0.462 e. The van der Waals surface area contributed by atoms with E-state index in [1.54, 1.807) is 32.0 Å². The van der Waals surface area contributed by atoms with Crippen LogP contribution in [0, 0.1) is 12.7 Å². The number of halogens is 1. The largest absolute Gasteiger partial charge is 0.462 e. The number of anilines is 1. The number of rotatable bonds is 6. The number of ether oxygens (including phenoxy) is 1. The molecule has 4 rings (SSSR count). The Hall–Kier alpha value is -4.34. The zero-order chi connectivity index (χ0) is 23.5. The lowest BCUT2D eigenvalue weighted by atomic mass is 10.2. The zero-order valence-electron chi connectivity index (χ0n) is 17.9. The predicted molar refractivity (Wildman–Crippen MR) is 119 cm³/mol. The van der Waals surface area contributed by atoms with Gasteiger partial charge in [0, 0.05) is 5.39 Å². The number of hydrogen-bond acceptors (Lipinski definition) is 6. The van der Waals surface area contributed by atoms with Gasteiger partial charge in [0.05, 0.1) is 35.4 Å². The minimum absolute atomic E-state index is 0.196. The first kappa shape index (κ1) is 21.9. The number of amides is 1. The molecule has 10 heteroatoms. The van der Waals surface area contributed by atoms with Crippen LogP contribution in [-0.4, -0.2) is 38.0 Å². The summed E-state index contributed by atoms with van der Waals surface area (Å²) in [5.74, 6) is -1.53. The van der Waals surface area contributed by atoms with Gasteiger partial charge in [-0.2, -0.15) is 10.2 Å². The second kappa shape index (κ2) is 9.03. The lowest BCUT2D eigenvalue weighted by Gasteiger charge is -2.11. The Kier molecular flexibility index (Phi) is 5.99. The summed E-state index contributed by atoms with van der Waals surface area (Å²) in [7, 11) is 0. The molecule has 0 aliphatic rings. The summed E-state index contributed by atoms with van der Waals surface area (Å²) >= 11 is 0. The number of aryl methyl sites for hydroxylation is 1. The molecule has 0 saturated carbocycles. The van der Waals surface area contributed by atoms with Gasteiger partial charge in [0.25, 0.3) is 5.56 Å². The number of para-hydroxylation sites is 1. The van der Waals surface area contributed by atoms with Crippen LogP contribution in [0.15, 0.2) is 59.5 Å². The number of esters is 1. The fraction of sp³-hybridized carbons (Fsp3) is 0.174. The van der Waals surface area contributed by atoms with Crippen molar-refractivity contribution in [2.45, 2.75) is 20.4 Å². The molecular formula is C23H20FN5O4. The van der Waals surface area contributed by atoms with E-state index in [4.69, 9.17) is 4.74 Å². The van der Waals surface area contributed by atoms with Gasteiger partial charge in [0.2, 0.25) is 5.91 Å². The zero-order valence-corrected chi connectivity index (χ0v) is 17.9. The Morgan fingerprint density at radius 3 is 2.58 bits per heavy atom. The molecule has 2 aromatic heterocycles. The van der Waals surface area contributed by atoms with Crippen molar-refractivity contribution >= 4 is 28.5 Å². The Morgan fingerprint density at radius 1 is 1.12 bits per heavy atom. The number of fused-ring (bicyclic) bond motifs is 1. The molecular weight excluding hydrogens is 429 g/mol. The Bertz CT molecular complexity index is 1410. The van der Waals surface area contributed by atoms with Crippen LogP contribution in [0.1, 0.15) is 23.0 Å². The lowest BCUT2D eigenvalue weighted by Crippen LogP contribution is -2.31. The van der Waals surface area contributed by atoms with Crippen LogP contribution in [-0.2, 0) is 16.1 Å². The predicted octanol–water partition coefficient (Wildman–Crippen LogP) is 2.85. The van der Waals surface area contributed by atoms with Crippen LogP contribution in [0.25, 0.3) is 16.6 Å². The van der Waals surface area contributed by atoms with Gasteiger partial charge in [-0.1, -0.05) is 12.1 Å². The van der Waals surface area contributed by atoms with Gasteiger partial charge in [0.15, 0.2) is 0 Å². The first-order valence-corrected chi connectivity index (χ1v) is 10.2. The summed E-state index contributed by atoms with van der Waals surface area (Å²) in [6, 6.07) is 12.0. The third-order valence-electron chi connectivity index (χ3n) is 4.93. The number of carbonyl (C=O) groups is 2. The minimum atomic E-state index is -0.566. The van der Waals surface area contributed by atoms with Crippen molar-refractivity contribution in [3.63, 3.8) is 0 Å². The molecule has 0 atom stereocenters. The van der Waals surface area contributed by atoms with E-state index in [-0.39, 0.29) is 29.9 Å². The van der Waals surface area contributed by atoms with Crippen molar-refractivity contribution in [1.29, 1.82) is 0 Å². The highest BCUT2D eigenvalue weighted by Crippen LogP contribution is 2.18. The van der Waals surface area contributed by atoms with Gasteiger partial charge in [-0.15, -0.1) is 0 Å². The van der Waals surface area contributed by atoms with E-state index >= 15 is 0 Å². The van der Waals surface area contributed by atoms with Crippen LogP contribution in [0.2, 0.25) is 0 Å². The second-order valence-corrected chi connectivity index (χ2v) is 7.16. The van der Waals surface area contributed by atoms with Gasteiger partial charge in [-0.05, 0) is 50.2 Å². The standard InChI is InChI=1S/C23H20FN5O4/c1-3-33-23(32)17-6-4-5-7-19(17)26-20(30)13-28-22(31)21-18(14(2)27-28)12-25-29(21)16-10-8-15(24)9-11-16/h4-12H,3,13H2,1-2H3,(H,26,30). The molecule has 0 saturated heterocycles. The number of nitrogens with zero attached hydrogens (tertiary/aromatic N) is 4. The first-order valence-electron chi connectivity index (χ1n) is 10.2. The average Bonchev–Trinajstić information content (AvgIpc) is 3.24. The van der Waals surface area contributed by atoms with Crippen molar-refractivity contribution < 1.29 is 18.7 Å². The van der Waals surface area contributed by atoms with Gasteiger partial charge in [-0.25, -0.2) is 18.5 Å². The highest BCUT2D eigenvalue weighted by molar-refractivity contribution is 6.01. The number of benzene rings is 2. The first-order chi connectivity index (χ1) is 15.9. The molecule has 0 radical (unpaired) electrons. The van der Waals surface area contributed by atoms with Gasteiger partial charge in [0.1, 0.15) is 17.9 Å². The van der Waals surface area contributed by atoms with E-state index in [1.165, 1.54) is 41.2 Å². The number of nitrogens with one attached hydrogen (secondary N) is 1. The van der Waals surface area contributed by atoms with Crippen LogP contribution < -0.4 is 10.9 Å². The monoisotopic (exact) mass is 449 g/mol. The molecule has 0 aliphatic carbocycles. The molecule has 4 aromatic rings. The van der Waals surface area contributed by atoms with Crippen molar-refractivity contribution in [2.75, 3.05) is 11.9 Å². The summed E-state index contributed by atoms with van der Waals surface area (Å²) in [5, 5.41) is 11.6. The summed E-state index contributed by atoms with van der Waals surface area (Å²) < 4.78 is 20.7. The van der Waals surface area contributed by atoms with E-state index in [0.29, 0.717) is 16.8 Å². The topological polar surface area (TPSA) is 108 Å². The molecule has 2 heterocycles. The highest BCUT2D eigenvalue weighted by atomic mass is 19.1. The third kappa shape index (κ3) is 4.36. The molecule has 0 spiro atoms. The normalized spacial score (nSPS) is 10.9. The molecule has 1 amide bonds. The highest BCUT2D eigenvalue weighted by Gasteiger charge is 2.18. The van der Waals surface area contributed by atoms with Gasteiger partial charge < -0.3 is 10.1 Å². The Morgan fingerprint density at radius 2 is 1.85 bits per heavy atom. The fourth-order valence-corrected chi connectivity index (χ4v) is 3.41. The molecule has 0 unspecified atom stereocenters. The van der Waals surface area contributed by atoms with E-state index in [1.807, 2.05) is 0 Å². The number of aromatic nitrogens is 4. The SMILES string of the molecule is CCOC(=O)c1ccccc1NC(=O)Cn1nc(C)c2cnn(-c3ccc(F)cc3)c2c1=O. The number of carbonyl (C=O) groups excluding carboxylic acids is 2. The van der Waals surface area contributed by atoms with Crippen LogP contribution in [0.4, 0.5) is 10.1 Å². The van der Waals surface area contributed by atoms with E-state index < -0.39 is 23.3 Å². The number of hydrogen-bond donors (Lipinski definition) is 1. The molecule has 9 nitrogen and oxygen atoms in total. The Balaban J connectivity index is 1.66. The molecule has 0 fully saturated rings. The van der Waals surface area contributed by atoms with Crippen molar-refractivity contribution in [3.05, 3.63) is 82.2 Å². The van der Waals surface area contributed by atoms with Crippen molar-refractivity contribution in [1.82, 2.24) is 19.6 Å². The van der Waals surface area contributed by atoms with E-state index in [0.717, 1.165) is 4.68 Å². The molecule has 33 heavy (non-hydrogen) atoms. The van der Waals surface area contributed by atoms with Crippen LogP contribution in [0.3, 0.4) is 0 Å². The second-order valence-electron chi connectivity index (χ2n) is 7.16. The summed E-state index contributed by atoms with van der Waals surface area (Å²) in [5.41, 5.74) is 1.14. The van der Waals surface area contributed by atoms with Crippen LogP contribution >= 0.6 is 0 Å². The van der Waals surface area contributed by atoms with Crippen molar-refractivity contribution in [3.8, 4) is 5.69 Å². The molecule has 2 aromatic carbocycles. The summed E-state index contributed by atoms with van der Waals surface area (Å²) in [6.45, 7) is 3.19. The Labute approximate surface area is 187 Å². The van der Waals surface area contributed by atoms with Crippen molar-refractivity contribution in [2.24, 2.45) is 0 Å². The summed E-state index contributed by atoms with van der Waals surface area (Å²) in [6.07, 6.45) is 1.50. The maximum Gasteiger partial charge on any atom is 0.340 e. The summed E-state index contributed by atoms with van der Waals surface area (Å²) in [4.78, 5) is 38.0. The fourth-order valence-electron chi connectivity index (χ4n) is 3.41.